The van der Waals surface area contributed by atoms with Crippen LogP contribution in [0.1, 0.15) is 17.4 Å². The van der Waals surface area contributed by atoms with Crippen LogP contribution < -0.4 is 16.6 Å². The Hall–Kier alpha value is -3.08. The van der Waals surface area contributed by atoms with Crippen molar-refractivity contribution in [1.29, 1.82) is 0 Å². The van der Waals surface area contributed by atoms with Gasteiger partial charge in [0.1, 0.15) is 12.2 Å². The summed E-state index contributed by atoms with van der Waals surface area (Å²) in [5, 5.41) is 4.41. The summed E-state index contributed by atoms with van der Waals surface area (Å²) in [6, 6.07) is 0. The standard InChI is InChI=1S/C14H14N6O4S/c1-7(21)8-5-25-13(16-8)17-9(22)4-20-6-15-11-10(20)12(23)19(3)14(24)18(11)2/h5-6H,4H2,1-3H3,(H,16,17,22). The number of aromatic nitrogens is 5. The lowest BCUT2D eigenvalue weighted by Gasteiger charge is -2.06. The lowest BCUT2D eigenvalue weighted by molar-refractivity contribution is -0.116. The smallest absolute Gasteiger partial charge is 0.315 e. The van der Waals surface area contributed by atoms with Crippen LogP contribution in [0.25, 0.3) is 11.2 Å². The largest absolute Gasteiger partial charge is 0.332 e. The molecule has 3 aromatic heterocycles. The highest BCUT2D eigenvalue weighted by atomic mass is 32.1. The molecule has 1 N–H and O–H groups in total. The first-order valence-corrected chi connectivity index (χ1v) is 8.04. The minimum Gasteiger partial charge on any atom is -0.315 e. The summed E-state index contributed by atoms with van der Waals surface area (Å²) in [7, 11) is 2.86. The zero-order valence-electron chi connectivity index (χ0n) is 13.6. The number of carbonyl (C=O) groups excluding carboxylic acids is 2. The second-order valence-electron chi connectivity index (χ2n) is 5.39. The van der Waals surface area contributed by atoms with E-state index in [1.807, 2.05) is 0 Å². The Kier molecular flexibility index (Phi) is 4.08. The van der Waals surface area contributed by atoms with Crippen LogP contribution in [0.3, 0.4) is 0 Å². The van der Waals surface area contributed by atoms with Crippen LogP contribution in [0.2, 0.25) is 0 Å². The number of hydrogen-bond acceptors (Lipinski definition) is 7. The van der Waals surface area contributed by atoms with Crippen LogP contribution in [-0.4, -0.2) is 35.4 Å². The molecule has 0 aliphatic heterocycles. The molecule has 25 heavy (non-hydrogen) atoms. The third kappa shape index (κ3) is 2.89. The normalized spacial score (nSPS) is 11.0. The summed E-state index contributed by atoms with van der Waals surface area (Å²) < 4.78 is 3.56. The summed E-state index contributed by atoms with van der Waals surface area (Å²) in [6.45, 7) is 1.21. The third-order valence-electron chi connectivity index (χ3n) is 3.64. The quantitative estimate of drug-likeness (QED) is 0.638. The van der Waals surface area contributed by atoms with Crippen molar-refractivity contribution in [1.82, 2.24) is 23.7 Å². The van der Waals surface area contributed by atoms with Crippen molar-refractivity contribution in [3.63, 3.8) is 0 Å². The minimum atomic E-state index is -0.531. The van der Waals surface area contributed by atoms with Crippen molar-refractivity contribution in [3.8, 4) is 0 Å². The van der Waals surface area contributed by atoms with Gasteiger partial charge < -0.3 is 9.88 Å². The van der Waals surface area contributed by atoms with E-state index in [4.69, 9.17) is 0 Å². The molecular formula is C14H14N6O4S. The molecule has 0 aliphatic rings. The van der Waals surface area contributed by atoms with Gasteiger partial charge >= 0.3 is 5.69 Å². The molecule has 0 bridgehead atoms. The average Bonchev–Trinajstić information content (AvgIpc) is 3.18. The Morgan fingerprint density at radius 2 is 1.96 bits per heavy atom. The molecule has 0 fully saturated rings. The fourth-order valence-corrected chi connectivity index (χ4v) is 3.09. The maximum Gasteiger partial charge on any atom is 0.332 e. The molecule has 0 spiro atoms. The number of carbonyl (C=O) groups is 2. The van der Waals surface area contributed by atoms with Gasteiger partial charge in [-0.1, -0.05) is 0 Å². The number of anilines is 1. The molecule has 0 atom stereocenters. The summed E-state index contributed by atoms with van der Waals surface area (Å²) in [5.74, 6) is -0.624. The maximum absolute atomic E-state index is 12.3. The van der Waals surface area contributed by atoms with Gasteiger partial charge in [-0.2, -0.15) is 0 Å². The fourth-order valence-electron chi connectivity index (χ4n) is 2.32. The first-order chi connectivity index (χ1) is 11.8. The molecule has 130 valence electrons. The molecule has 0 unspecified atom stereocenters. The number of thiazole rings is 1. The van der Waals surface area contributed by atoms with Gasteiger partial charge in [-0.25, -0.2) is 14.8 Å². The summed E-state index contributed by atoms with van der Waals surface area (Å²) >= 11 is 1.13. The number of aryl methyl sites for hydroxylation is 1. The molecule has 0 aromatic carbocycles. The lowest BCUT2D eigenvalue weighted by atomic mass is 10.4. The monoisotopic (exact) mass is 362 g/mol. The van der Waals surface area contributed by atoms with Crippen molar-refractivity contribution in [3.05, 3.63) is 38.2 Å². The zero-order chi connectivity index (χ0) is 18.3. The Balaban J connectivity index is 1.90. The number of nitrogens with one attached hydrogen (secondary N) is 1. The minimum absolute atomic E-state index is 0.156. The Bertz CT molecular complexity index is 1120. The number of rotatable bonds is 4. The van der Waals surface area contributed by atoms with Crippen molar-refractivity contribution in [2.24, 2.45) is 14.1 Å². The number of fused-ring (bicyclic) bond motifs is 1. The second kappa shape index (κ2) is 6.09. The Morgan fingerprint density at radius 1 is 1.24 bits per heavy atom. The molecule has 3 heterocycles. The van der Waals surface area contributed by atoms with Crippen molar-refractivity contribution < 1.29 is 9.59 Å². The van der Waals surface area contributed by atoms with Gasteiger partial charge in [-0.05, 0) is 0 Å². The number of Topliss-reactive ketones (excluding diaryl/α,β-unsaturated/α-hetero) is 1. The number of ketones is 1. The van der Waals surface area contributed by atoms with E-state index >= 15 is 0 Å². The molecule has 3 aromatic rings. The summed E-state index contributed by atoms with van der Waals surface area (Å²) in [6.07, 6.45) is 1.33. The highest BCUT2D eigenvalue weighted by Gasteiger charge is 2.16. The highest BCUT2D eigenvalue weighted by molar-refractivity contribution is 7.14. The summed E-state index contributed by atoms with van der Waals surface area (Å²) in [5.41, 5.74) is -0.391. The van der Waals surface area contributed by atoms with E-state index in [1.54, 1.807) is 5.38 Å². The molecule has 0 radical (unpaired) electrons. The van der Waals surface area contributed by atoms with Crippen LogP contribution in [0.15, 0.2) is 21.3 Å². The second-order valence-corrected chi connectivity index (χ2v) is 6.25. The Morgan fingerprint density at radius 3 is 2.60 bits per heavy atom. The van der Waals surface area contributed by atoms with Crippen LogP contribution in [0, 0.1) is 0 Å². The Labute approximate surface area is 144 Å². The van der Waals surface area contributed by atoms with E-state index in [0.29, 0.717) is 5.13 Å². The van der Waals surface area contributed by atoms with E-state index < -0.39 is 17.2 Å². The van der Waals surface area contributed by atoms with E-state index in [2.05, 4.69) is 15.3 Å². The van der Waals surface area contributed by atoms with E-state index in [-0.39, 0.29) is 29.2 Å². The number of hydrogen-bond donors (Lipinski definition) is 1. The van der Waals surface area contributed by atoms with Gasteiger partial charge in [-0.3, -0.25) is 23.5 Å². The van der Waals surface area contributed by atoms with Crippen molar-refractivity contribution in [2.75, 3.05) is 5.32 Å². The molecule has 11 heteroatoms. The first kappa shape index (κ1) is 16.8. The molecule has 0 aliphatic carbocycles. The molecule has 1 amide bonds. The van der Waals surface area contributed by atoms with Crippen LogP contribution in [0.5, 0.6) is 0 Å². The van der Waals surface area contributed by atoms with Gasteiger partial charge in [0.15, 0.2) is 22.1 Å². The predicted molar refractivity (Wildman–Crippen MR) is 91.0 cm³/mol. The fraction of sp³-hybridized carbons (Fsp3) is 0.286. The van der Waals surface area contributed by atoms with E-state index in [9.17, 15) is 19.2 Å². The van der Waals surface area contributed by atoms with E-state index in [0.717, 1.165) is 15.9 Å². The van der Waals surface area contributed by atoms with Gasteiger partial charge in [0.2, 0.25) is 5.91 Å². The number of imidazole rings is 1. The molecule has 3 rings (SSSR count). The molecule has 0 saturated heterocycles. The predicted octanol–water partition coefficient (Wildman–Crippen LogP) is -0.269. The SMILES string of the molecule is CC(=O)c1csc(NC(=O)Cn2cnc3c2c(=O)n(C)c(=O)n3C)n1. The van der Waals surface area contributed by atoms with Crippen molar-refractivity contribution >= 4 is 39.3 Å². The molecule has 0 saturated carbocycles. The topological polar surface area (TPSA) is 121 Å². The summed E-state index contributed by atoms with van der Waals surface area (Å²) in [4.78, 5) is 55.7. The van der Waals surface area contributed by atoms with Gasteiger partial charge in [0.05, 0.1) is 6.33 Å². The number of amides is 1. The van der Waals surface area contributed by atoms with Gasteiger partial charge in [0.25, 0.3) is 5.56 Å². The molecular weight excluding hydrogens is 348 g/mol. The maximum atomic E-state index is 12.3. The highest BCUT2D eigenvalue weighted by Crippen LogP contribution is 2.16. The van der Waals surface area contributed by atoms with Gasteiger partial charge in [-0.15, -0.1) is 11.3 Å². The van der Waals surface area contributed by atoms with Crippen LogP contribution >= 0.6 is 11.3 Å². The van der Waals surface area contributed by atoms with Crippen LogP contribution in [0.4, 0.5) is 5.13 Å². The molecule has 10 nitrogen and oxygen atoms in total. The first-order valence-electron chi connectivity index (χ1n) is 7.16. The average molecular weight is 362 g/mol. The van der Waals surface area contributed by atoms with Gasteiger partial charge in [0, 0.05) is 26.4 Å². The zero-order valence-corrected chi connectivity index (χ0v) is 14.5. The third-order valence-corrected chi connectivity index (χ3v) is 4.40. The number of nitrogens with zero attached hydrogens (tertiary/aromatic N) is 5. The lowest BCUT2D eigenvalue weighted by Crippen LogP contribution is -2.37. The van der Waals surface area contributed by atoms with E-state index in [1.165, 1.54) is 36.5 Å². The van der Waals surface area contributed by atoms with Crippen LogP contribution in [-0.2, 0) is 25.4 Å². The van der Waals surface area contributed by atoms with Crippen molar-refractivity contribution in [2.45, 2.75) is 13.5 Å².